The fourth-order valence-electron chi connectivity index (χ4n) is 3.12. The first-order chi connectivity index (χ1) is 15.0. The van der Waals surface area contributed by atoms with Crippen LogP contribution >= 0.6 is 0 Å². The van der Waals surface area contributed by atoms with E-state index >= 15 is 0 Å². The van der Waals surface area contributed by atoms with Crippen LogP contribution in [0.1, 0.15) is 30.0 Å². The van der Waals surface area contributed by atoms with Crippen LogP contribution in [0.3, 0.4) is 0 Å². The molecule has 3 rings (SSSR count). The van der Waals surface area contributed by atoms with Gasteiger partial charge in [-0.05, 0) is 19.1 Å². The fourth-order valence-corrected chi connectivity index (χ4v) is 3.12. The summed E-state index contributed by atoms with van der Waals surface area (Å²) in [7, 11) is 3.46. The lowest BCUT2D eigenvalue weighted by Gasteiger charge is -2.31. The molecule has 1 unspecified atom stereocenters. The zero-order chi connectivity index (χ0) is 23.9. The molecule has 0 saturated heterocycles. The van der Waals surface area contributed by atoms with Crippen molar-refractivity contribution in [3.8, 4) is 0 Å². The Morgan fingerprint density at radius 2 is 2.06 bits per heavy atom. The number of nitrogens with zero attached hydrogens (tertiary/aromatic N) is 5. The van der Waals surface area contributed by atoms with Crippen molar-refractivity contribution >= 4 is 11.9 Å². The summed E-state index contributed by atoms with van der Waals surface area (Å²) in [5.41, 5.74) is 2.10. The van der Waals surface area contributed by atoms with E-state index in [1.54, 1.807) is 20.4 Å². The number of carbonyl (C=O) groups is 2. The second-order valence-corrected chi connectivity index (χ2v) is 7.29. The van der Waals surface area contributed by atoms with E-state index < -0.39 is 12.1 Å². The van der Waals surface area contributed by atoms with Gasteiger partial charge < -0.3 is 19.2 Å². The van der Waals surface area contributed by atoms with Crippen LogP contribution in [0, 0.1) is 0 Å². The van der Waals surface area contributed by atoms with Crippen LogP contribution < -0.4 is 0 Å². The zero-order valence-corrected chi connectivity index (χ0v) is 18.0. The van der Waals surface area contributed by atoms with E-state index in [1.165, 1.54) is 4.90 Å². The minimum Gasteiger partial charge on any atom is -0.475 e. The summed E-state index contributed by atoms with van der Waals surface area (Å²) in [6, 6.07) is 3.87. The summed E-state index contributed by atoms with van der Waals surface area (Å²) in [5.74, 6) is -1.74. The van der Waals surface area contributed by atoms with E-state index in [-0.39, 0.29) is 18.4 Å². The number of aromatic nitrogens is 3. The first-order valence-corrected chi connectivity index (χ1v) is 9.77. The lowest BCUT2D eigenvalue weighted by molar-refractivity contribution is -0.192. The van der Waals surface area contributed by atoms with Crippen LogP contribution in [0.25, 0.3) is 0 Å². The summed E-state index contributed by atoms with van der Waals surface area (Å²) in [6.07, 6.45) is -3.40. The number of hydrogen-bond acceptors (Lipinski definition) is 7. The Morgan fingerprint density at radius 3 is 2.59 bits per heavy atom. The van der Waals surface area contributed by atoms with Gasteiger partial charge in [0.2, 0.25) is 5.91 Å². The highest BCUT2D eigenvalue weighted by Crippen LogP contribution is 2.28. The molecule has 1 amide bonds. The van der Waals surface area contributed by atoms with Gasteiger partial charge in [-0.25, -0.2) is 9.48 Å². The lowest BCUT2D eigenvalue weighted by atomic mass is 9.98. The molecular formula is C19H26F3N5O5. The average molecular weight is 461 g/mol. The number of aliphatic carboxylic acids is 1. The normalized spacial score (nSPS) is 16.1. The standard InChI is InChI=1S/C17H25N5O3.C2HF3O2/c1-4-22-17-13(11-24-12-16(23)20(2)3)8-21(10-15(17)18-19-22)9-14-6-5-7-25-14;3-2(4,5)1(6)7/h5-7,13H,4,8-12H2,1-3H3;(H,6,7). The molecule has 10 nitrogen and oxygen atoms in total. The number of carboxylic acid groups (broad SMARTS) is 1. The summed E-state index contributed by atoms with van der Waals surface area (Å²) >= 11 is 0. The van der Waals surface area contributed by atoms with Crippen LogP contribution in [0.2, 0.25) is 0 Å². The lowest BCUT2D eigenvalue weighted by Crippen LogP contribution is -2.36. The van der Waals surface area contributed by atoms with Gasteiger partial charge in [-0.15, -0.1) is 5.10 Å². The second-order valence-electron chi connectivity index (χ2n) is 7.29. The van der Waals surface area contributed by atoms with Gasteiger partial charge in [-0.2, -0.15) is 13.2 Å². The minimum absolute atomic E-state index is 0.0365. The van der Waals surface area contributed by atoms with Gasteiger partial charge in [-0.3, -0.25) is 9.69 Å². The molecule has 0 spiro atoms. The molecule has 13 heteroatoms. The van der Waals surface area contributed by atoms with E-state index in [4.69, 9.17) is 19.1 Å². The minimum atomic E-state index is -5.08. The van der Waals surface area contributed by atoms with E-state index in [0.29, 0.717) is 6.61 Å². The number of hydrogen-bond donors (Lipinski definition) is 1. The monoisotopic (exact) mass is 461 g/mol. The van der Waals surface area contributed by atoms with Crippen LogP contribution in [-0.4, -0.2) is 81.8 Å². The van der Waals surface area contributed by atoms with Crippen molar-refractivity contribution in [3.05, 3.63) is 35.5 Å². The molecule has 0 aliphatic carbocycles. The summed E-state index contributed by atoms with van der Waals surface area (Å²) < 4.78 is 44.8. The molecule has 0 saturated carbocycles. The summed E-state index contributed by atoms with van der Waals surface area (Å²) in [4.78, 5) is 24.4. The van der Waals surface area contributed by atoms with Gasteiger partial charge in [0.1, 0.15) is 18.1 Å². The number of amides is 1. The highest BCUT2D eigenvalue weighted by molar-refractivity contribution is 5.76. The molecule has 0 fully saturated rings. The van der Waals surface area contributed by atoms with Gasteiger partial charge in [0.25, 0.3) is 0 Å². The predicted octanol–water partition coefficient (Wildman–Crippen LogP) is 1.73. The van der Waals surface area contributed by atoms with Gasteiger partial charge in [0.15, 0.2) is 0 Å². The topological polar surface area (TPSA) is 114 Å². The third-order valence-corrected chi connectivity index (χ3v) is 4.63. The highest BCUT2D eigenvalue weighted by Gasteiger charge is 2.38. The highest BCUT2D eigenvalue weighted by atomic mass is 19.4. The first-order valence-electron chi connectivity index (χ1n) is 9.77. The number of aryl methyl sites for hydroxylation is 1. The molecular weight excluding hydrogens is 435 g/mol. The second kappa shape index (κ2) is 11.1. The van der Waals surface area contributed by atoms with Gasteiger partial charge in [0.05, 0.1) is 25.1 Å². The molecule has 0 bridgehead atoms. The molecule has 1 N–H and O–H groups in total. The van der Waals surface area contributed by atoms with Gasteiger partial charge >= 0.3 is 12.1 Å². The number of carbonyl (C=O) groups excluding carboxylic acids is 1. The maximum Gasteiger partial charge on any atom is 0.490 e. The van der Waals surface area contributed by atoms with Crippen LogP contribution in [-0.2, 0) is 34.0 Å². The van der Waals surface area contributed by atoms with Crippen LogP contribution in [0.4, 0.5) is 13.2 Å². The number of likely N-dealkylation sites (N-methyl/N-ethyl adjacent to an activating group) is 1. The molecule has 32 heavy (non-hydrogen) atoms. The van der Waals surface area contributed by atoms with E-state index in [1.807, 2.05) is 16.8 Å². The number of alkyl halides is 3. The fraction of sp³-hybridized carbons (Fsp3) is 0.579. The van der Waals surface area contributed by atoms with Crippen molar-refractivity contribution in [2.75, 3.05) is 33.9 Å². The Labute approximate surface area is 182 Å². The molecule has 1 atom stereocenters. The van der Waals surface area contributed by atoms with Crippen molar-refractivity contribution in [2.24, 2.45) is 0 Å². The third-order valence-electron chi connectivity index (χ3n) is 4.63. The number of halogens is 3. The van der Waals surface area contributed by atoms with Crippen molar-refractivity contribution in [3.63, 3.8) is 0 Å². The maximum absolute atomic E-state index is 11.7. The van der Waals surface area contributed by atoms with E-state index in [9.17, 15) is 18.0 Å². The number of furan rings is 1. The molecule has 1 aliphatic rings. The Kier molecular flexibility index (Phi) is 8.78. The van der Waals surface area contributed by atoms with E-state index in [0.717, 1.165) is 43.3 Å². The summed E-state index contributed by atoms with van der Waals surface area (Å²) in [5, 5.41) is 15.7. The smallest absolute Gasteiger partial charge is 0.475 e. The molecule has 0 aromatic carbocycles. The van der Waals surface area contributed by atoms with Crippen molar-refractivity contribution in [2.45, 2.75) is 38.7 Å². The van der Waals surface area contributed by atoms with Crippen molar-refractivity contribution in [1.82, 2.24) is 24.8 Å². The summed E-state index contributed by atoms with van der Waals surface area (Å²) in [6.45, 7) is 5.66. The number of rotatable bonds is 7. The Bertz CT molecular complexity index is 883. The largest absolute Gasteiger partial charge is 0.490 e. The third kappa shape index (κ3) is 7.05. The Hall–Kier alpha value is -2.93. The Balaban J connectivity index is 0.000000451. The van der Waals surface area contributed by atoms with Crippen molar-refractivity contribution < 1.29 is 37.0 Å². The van der Waals surface area contributed by atoms with Crippen molar-refractivity contribution in [1.29, 1.82) is 0 Å². The Morgan fingerprint density at radius 1 is 1.38 bits per heavy atom. The van der Waals surface area contributed by atoms with E-state index in [2.05, 4.69) is 22.1 Å². The molecule has 3 heterocycles. The number of carboxylic acids is 1. The maximum atomic E-state index is 11.7. The molecule has 178 valence electrons. The van der Waals surface area contributed by atoms with Crippen LogP contribution in [0.5, 0.6) is 0 Å². The number of fused-ring (bicyclic) bond motifs is 1. The predicted molar refractivity (Wildman–Crippen MR) is 104 cm³/mol. The quantitative estimate of drug-likeness (QED) is 0.663. The van der Waals surface area contributed by atoms with Gasteiger partial charge in [0, 0.05) is 39.6 Å². The SMILES string of the molecule is CCn1nnc2c1C(COCC(=O)N(C)C)CN(Cc1ccco1)C2.O=C(O)C(F)(F)F. The van der Waals surface area contributed by atoms with Crippen LogP contribution in [0.15, 0.2) is 22.8 Å². The first kappa shape index (κ1) is 25.3. The average Bonchev–Trinajstić information content (AvgIpc) is 3.37. The molecule has 2 aromatic rings. The molecule has 2 aromatic heterocycles. The molecule has 1 aliphatic heterocycles. The molecule has 0 radical (unpaired) electrons. The zero-order valence-electron chi connectivity index (χ0n) is 18.0. The van der Waals surface area contributed by atoms with Gasteiger partial charge in [-0.1, -0.05) is 5.21 Å². The number of ether oxygens (including phenoxy) is 1.